The fourth-order valence-electron chi connectivity index (χ4n) is 3.73. The van der Waals surface area contributed by atoms with Gasteiger partial charge in [-0.25, -0.2) is 8.42 Å². The van der Waals surface area contributed by atoms with E-state index in [-0.39, 0.29) is 16.6 Å². The molecule has 1 fully saturated rings. The maximum Gasteiger partial charge on any atom is 0.315 e. The summed E-state index contributed by atoms with van der Waals surface area (Å²) in [6.45, 7) is 5.27. The summed E-state index contributed by atoms with van der Waals surface area (Å²) in [5, 5.41) is 6.40. The average molecular weight is 470 g/mol. The van der Waals surface area contributed by atoms with Crippen molar-refractivity contribution in [3.63, 3.8) is 0 Å². The molecule has 174 valence electrons. The van der Waals surface area contributed by atoms with Gasteiger partial charge in [-0.05, 0) is 37.2 Å². The number of piperazine rings is 1. The van der Waals surface area contributed by atoms with Gasteiger partial charge >= 0.3 is 11.8 Å². The summed E-state index contributed by atoms with van der Waals surface area (Å²) >= 11 is 0. The highest BCUT2D eigenvalue weighted by Gasteiger charge is 2.22. The maximum atomic E-state index is 12.4. The van der Waals surface area contributed by atoms with Gasteiger partial charge in [0, 0.05) is 38.4 Å². The van der Waals surface area contributed by atoms with Crippen LogP contribution in [-0.2, 0) is 15.6 Å². The van der Waals surface area contributed by atoms with Crippen molar-refractivity contribution < 1.29 is 17.7 Å². The molecule has 1 aromatic heterocycles. The number of carbonyl (C=O) groups is 1. The summed E-state index contributed by atoms with van der Waals surface area (Å²) < 4.78 is 29.8. The molecule has 0 saturated carbocycles. The third-order valence-corrected chi connectivity index (χ3v) is 7.14. The Hall–Kier alpha value is -3.24. The second kappa shape index (κ2) is 10.6. The Labute approximate surface area is 193 Å². The van der Waals surface area contributed by atoms with Gasteiger partial charge < -0.3 is 14.7 Å². The number of sulfone groups is 1. The second-order valence-electron chi connectivity index (χ2n) is 7.86. The van der Waals surface area contributed by atoms with Crippen molar-refractivity contribution >= 4 is 21.4 Å². The quantitative estimate of drug-likeness (QED) is 0.474. The summed E-state index contributed by atoms with van der Waals surface area (Å²) in [5.41, 5.74) is 1.25. The number of anilines is 1. The van der Waals surface area contributed by atoms with Crippen LogP contribution in [0, 0.1) is 0 Å². The first-order valence-electron chi connectivity index (χ1n) is 10.9. The largest absolute Gasteiger partial charge is 0.369 e. The van der Waals surface area contributed by atoms with Gasteiger partial charge in [-0.1, -0.05) is 41.6 Å². The van der Waals surface area contributed by atoms with Crippen LogP contribution in [0.4, 0.5) is 5.69 Å². The molecule has 1 saturated heterocycles. The zero-order valence-corrected chi connectivity index (χ0v) is 19.1. The van der Waals surface area contributed by atoms with Crippen molar-refractivity contribution in [2.75, 3.05) is 44.2 Å². The zero-order valence-electron chi connectivity index (χ0n) is 18.3. The van der Waals surface area contributed by atoms with Crippen molar-refractivity contribution in [1.29, 1.82) is 0 Å². The molecule has 0 atom stereocenters. The number of nitrogens with one attached hydrogen (secondary N) is 1. The first-order valence-corrected chi connectivity index (χ1v) is 12.6. The van der Waals surface area contributed by atoms with Crippen LogP contribution >= 0.6 is 0 Å². The van der Waals surface area contributed by atoms with Crippen LogP contribution in [-0.4, -0.2) is 68.6 Å². The van der Waals surface area contributed by atoms with E-state index in [1.54, 1.807) is 18.2 Å². The van der Waals surface area contributed by atoms with Gasteiger partial charge in [-0.15, -0.1) is 0 Å². The van der Waals surface area contributed by atoms with E-state index in [2.05, 4.69) is 49.5 Å². The molecule has 0 aliphatic carbocycles. The molecule has 4 rings (SSSR count). The molecule has 1 aliphatic heterocycles. The summed E-state index contributed by atoms with van der Waals surface area (Å²) in [6.07, 6.45) is 0.792. The lowest BCUT2D eigenvalue weighted by molar-refractivity contribution is 0.0907. The summed E-state index contributed by atoms with van der Waals surface area (Å²) in [5.74, 6) is -1.20. The van der Waals surface area contributed by atoms with Crippen LogP contribution in [0.25, 0.3) is 0 Å². The number of amides is 1. The monoisotopic (exact) mass is 469 g/mol. The third-order valence-electron chi connectivity index (χ3n) is 5.51. The molecule has 10 heteroatoms. The molecule has 0 bridgehead atoms. The van der Waals surface area contributed by atoms with E-state index in [1.807, 2.05) is 6.07 Å². The molecular weight excluding hydrogens is 442 g/mol. The van der Waals surface area contributed by atoms with Gasteiger partial charge in [-0.3, -0.25) is 9.69 Å². The number of aromatic nitrogens is 2. The Morgan fingerprint density at radius 1 is 0.970 bits per heavy atom. The van der Waals surface area contributed by atoms with Gasteiger partial charge in [-0.2, -0.15) is 4.98 Å². The Morgan fingerprint density at radius 3 is 2.33 bits per heavy atom. The highest BCUT2D eigenvalue weighted by Crippen LogP contribution is 2.16. The predicted molar refractivity (Wildman–Crippen MR) is 124 cm³/mol. The van der Waals surface area contributed by atoms with Gasteiger partial charge in [0.05, 0.1) is 4.90 Å². The van der Waals surface area contributed by atoms with E-state index in [0.717, 1.165) is 39.1 Å². The summed E-state index contributed by atoms with van der Waals surface area (Å²) in [7, 11) is -3.61. The average Bonchev–Trinajstić information content (AvgIpc) is 3.31. The zero-order chi connectivity index (χ0) is 23.1. The number of para-hydroxylation sites is 1. The fraction of sp³-hybridized carbons (Fsp3) is 0.348. The molecule has 3 aromatic rings. The third kappa shape index (κ3) is 6.17. The number of carbonyl (C=O) groups excluding carboxylic acids is 1. The number of rotatable bonds is 9. The van der Waals surface area contributed by atoms with E-state index in [0.29, 0.717) is 6.54 Å². The molecule has 9 nitrogen and oxygen atoms in total. The Kier molecular flexibility index (Phi) is 7.36. The molecule has 1 aliphatic rings. The van der Waals surface area contributed by atoms with Gasteiger partial charge in [0.25, 0.3) is 0 Å². The summed E-state index contributed by atoms with van der Waals surface area (Å²) in [6, 6.07) is 18.4. The molecule has 0 spiro atoms. The number of hydrogen-bond donors (Lipinski definition) is 1. The molecule has 0 radical (unpaired) electrons. The molecule has 2 heterocycles. The van der Waals surface area contributed by atoms with Crippen LogP contribution in [0.3, 0.4) is 0 Å². The van der Waals surface area contributed by atoms with E-state index >= 15 is 0 Å². The normalized spacial score (nSPS) is 14.8. The Bertz CT molecular complexity index is 1140. The lowest BCUT2D eigenvalue weighted by Crippen LogP contribution is -2.47. The topological polar surface area (TPSA) is 109 Å². The first-order chi connectivity index (χ1) is 16.0. The minimum Gasteiger partial charge on any atom is -0.369 e. The van der Waals surface area contributed by atoms with E-state index in [4.69, 9.17) is 4.52 Å². The van der Waals surface area contributed by atoms with Crippen LogP contribution in [0.5, 0.6) is 0 Å². The molecule has 33 heavy (non-hydrogen) atoms. The lowest BCUT2D eigenvalue weighted by Gasteiger charge is -2.36. The molecule has 1 amide bonds. The number of benzene rings is 2. The minimum atomic E-state index is -3.61. The van der Waals surface area contributed by atoms with Crippen molar-refractivity contribution in [3.05, 3.63) is 72.4 Å². The molecular formula is C23H27N5O4S. The number of hydrogen-bond acceptors (Lipinski definition) is 8. The lowest BCUT2D eigenvalue weighted by atomic mass is 10.2. The Morgan fingerprint density at radius 2 is 1.64 bits per heavy atom. The highest BCUT2D eigenvalue weighted by molar-refractivity contribution is 7.90. The van der Waals surface area contributed by atoms with Crippen molar-refractivity contribution in [1.82, 2.24) is 20.4 Å². The predicted octanol–water partition coefficient (Wildman–Crippen LogP) is 1.99. The second-order valence-corrected chi connectivity index (χ2v) is 9.85. The SMILES string of the molecule is O=C(NCCCN1CCN(c2ccccc2)CC1)c1nc(CS(=O)(=O)c2ccccc2)no1. The van der Waals surface area contributed by atoms with Gasteiger partial charge in [0.15, 0.2) is 15.7 Å². The standard InChI is InChI=1S/C23H27N5O4S/c29-22(23-25-21(26-32-23)18-33(30,31)20-10-5-2-6-11-20)24-12-7-13-27-14-16-28(17-15-27)19-8-3-1-4-9-19/h1-6,8-11H,7,12-18H2,(H,24,29). The van der Waals surface area contributed by atoms with E-state index in [1.165, 1.54) is 17.8 Å². The van der Waals surface area contributed by atoms with Crippen LogP contribution in [0.1, 0.15) is 22.9 Å². The van der Waals surface area contributed by atoms with Gasteiger partial charge in [0.2, 0.25) is 0 Å². The van der Waals surface area contributed by atoms with E-state index < -0.39 is 21.5 Å². The fourth-order valence-corrected chi connectivity index (χ4v) is 4.93. The maximum absolute atomic E-state index is 12.4. The smallest absolute Gasteiger partial charge is 0.315 e. The molecule has 1 N–H and O–H groups in total. The molecule has 0 unspecified atom stereocenters. The minimum absolute atomic E-state index is 0.0414. The number of nitrogens with zero attached hydrogens (tertiary/aromatic N) is 4. The van der Waals surface area contributed by atoms with Crippen LogP contribution < -0.4 is 10.2 Å². The van der Waals surface area contributed by atoms with E-state index in [9.17, 15) is 13.2 Å². The summed E-state index contributed by atoms with van der Waals surface area (Å²) in [4.78, 5) is 21.1. The molecule has 2 aromatic carbocycles. The Balaban J connectivity index is 1.18. The van der Waals surface area contributed by atoms with Crippen molar-refractivity contribution in [3.8, 4) is 0 Å². The van der Waals surface area contributed by atoms with Crippen LogP contribution in [0.2, 0.25) is 0 Å². The first kappa shape index (κ1) is 22.9. The highest BCUT2D eigenvalue weighted by atomic mass is 32.2. The van der Waals surface area contributed by atoms with Crippen LogP contribution in [0.15, 0.2) is 70.1 Å². The van der Waals surface area contributed by atoms with Crippen molar-refractivity contribution in [2.45, 2.75) is 17.1 Å². The van der Waals surface area contributed by atoms with Crippen molar-refractivity contribution in [2.24, 2.45) is 0 Å². The van der Waals surface area contributed by atoms with Gasteiger partial charge in [0.1, 0.15) is 5.75 Å².